The number of fused-ring (bicyclic) bond motifs is 16. The molecule has 0 fully saturated rings. The lowest BCUT2D eigenvalue weighted by atomic mass is 9.95. The normalized spacial score (nSPS) is 11.5. The Morgan fingerprint density at radius 2 is 0.663 bits per heavy atom. The highest BCUT2D eigenvalue weighted by atomic mass is 35.5. The molecule has 0 saturated carbocycles. The third kappa shape index (κ3) is 10.0. The van der Waals surface area contributed by atoms with Gasteiger partial charge < -0.3 is 13.7 Å². The molecule has 0 bridgehead atoms. The van der Waals surface area contributed by atoms with E-state index in [1.54, 1.807) is 0 Å². The van der Waals surface area contributed by atoms with Crippen molar-refractivity contribution in [1.82, 2.24) is 0 Å². The summed E-state index contributed by atoms with van der Waals surface area (Å²) < 4.78 is 12.1. The van der Waals surface area contributed by atoms with E-state index < -0.39 is 0 Å². The van der Waals surface area contributed by atoms with Crippen molar-refractivity contribution in [3.8, 4) is 22.3 Å². The van der Waals surface area contributed by atoms with Crippen LogP contribution in [0.25, 0.3) is 131 Å². The fraction of sp³-hybridized carbons (Fsp3) is 0.0118. The third-order valence-corrected chi connectivity index (χ3v) is 17.8. The molecule has 0 aliphatic carbocycles. The van der Waals surface area contributed by atoms with E-state index in [9.17, 15) is 0 Å². The summed E-state index contributed by atoms with van der Waals surface area (Å²) in [6.45, 7) is 0. The summed E-state index contributed by atoms with van der Waals surface area (Å²) in [7, 11) is 0. The molecular formula is C85H56ClNO2. The number of hydrogen-bond acceptors (Lipinski definition) is 3. The van der Waals surface area contributed by atoms with Gasteiger partial charge >= 0.3 is 0 Å². The van der Waals surface area contributed by atoms with Crippen LogP contribution in [0.2, 0.25) is 5.02 Å². The van der Waals surface area contributed by atoms with Crippen LogP contribution in [0, 0.1) is 0 Å². The van der Waals surface area contributed by atoms with Crippen molar-refractivity contribution in [2.75, 3.05) is 4.90 Å². The molecule has 2 heterocycles. The van der Waals surface area contributed by atoms with E-state index in [-0.39, 0.29) is 0 Å². The fourth-order valence-corrected chi connectivity index (χ4v) is 13.4. The van der Waals surface area contributed by atoms with Crippen LogP contribution in [-0.4, -0.2) is 0 Å². The Kier molecular flexibility index (Phi) is 13.7. The van der Waals surface area contributed by atoms with Crippen LogP contribution in [0.4, 0.5) is 17.1 Å². The molecular weight excluding hydrogens is 1100 g/mol. The summed E-state index contributed by atoms with van der Waals surface area (Å²) in [6.07, 6.45) is 0.921. The van der Waals surface area contributed by atoms with Crippen LogP contribution in [0.5, 0.6) is 0 Å². The zero-order chi connectivity index (χ0) is 59.2. The van der Waals surface area contributed by atoms with Gasteiger partial charge in [-0.25, -0.2) is 0 Å². The van der Waals surface area contributed by atoms with Gasteiger partial charge in [-0.2, -0.15) is 0 Å². The number of nitrogens with zero attached hydrogens (tertiary/aromatic N) is 1. The Labute approximate surface area is 520 Å². The van der Waals surface area contributed by atoms with Crippen LogP contribution in [0.3, 0.4) is 0 Å². The molecule has 420 valence electrons. The summed E-state index contributed by atoms with van der Waals surface area (Å²) in [5.74, 6) is 0. The van der Waals surface area contributed by atoms with Crippen LogP contribution >= 0.6 is 11.6 Å². The van der Waals surface area contributed by atoms with Crippen molar-refractivity contribution in [3.05, 3.63) is 344 Å². The van der Waals surface area contributed by atoms with E-state index in [1.807, 2.05) is 42.5 Å². The van der Waals surface area contributed by atoms with Crippen LogP contribution < -0.4 is 4.90 Å². The highest BCUT2D eigenvalue weighted by Gasteiger charge is 2.20. The van der Waals surface area contributed by atoms with Crippen LogP contribution in [0.15, 0.2) is 336 Å². The van der Waals surface area contributed by atoms with Gasteiger partial charge in [-0.05, 0) is 160 Å². The Morgan fingerprint density at radius 1 is 0.247 bits per heavy atom. The van der Waals surface area contributed by atoms with Crippen molar-refractivity contribution in [3.63, 3.8) is 0 Å². The summed E-state index contributed by atoms with van der Waals surface area (Å²) in [5.41, 5.74) is 14.6. The smallest absolute Gasteiger partial charge is 0.135 e. The lowest BCUT2D eigenvalue weighted by Crippen LogP contribution is -2.10. The number of benzene rings is 16. The molecule has 18 aromatic rings. The largest absolute Gasteiger partial charge is 0.456 e. The Hall–Kier alpha value is -11.2. The maximum absolute atomic E-state index is 6.39. The van der Waals surface area contributed by atoms with Gasteiger partial charge in [0.25, 0.3) is 0 Å². The first-order chi connectivity index (χ1) is 44.0. The van der Waals surface area contributed by atoms with Crippen LogP contribution in [0.1, 0.15) is 11.1 Å². The number of furan rings is 2. The van der Waals surface area contributed by atoms with E-state index in [0.717, 1.165) is 67.0 Å². The maximum atomic E-state index is 6.39. The first-order valence-electron chi connectivity index (χ1n) is 30.3. The Bertz CT molecular complexity index is 5650. The van der Waals surface area contributed by atoms with Crippen molar-refractivity contribution in [2.24, 2.45) is 0 Å². The van der Waals surface area contributed by atoms with Crippen molar-refractivity contribution in [1.29, 1.82) is 0 Å². The van der Waals surface area contributed by atoms with E-state index >= 15 is 0 Å². The zero-order valence-corrected chi connectivity index (χ0v) is 49.3. The van der Waals surface area contributed by atoms with Gasteiger partial charge in [0.2, 0.25) is 0 Å². The minimum absolute atomic E-state index is 0.818. The Morgan fingerprint density at radius 3 is 1.27 bits per heavy atom. The lowest BCUT2D eigenvalue weighted by Gasteiger charge is -2.28. The van der Waals surface area contributed by atoms with E-state index in [4.69, 9.17) is 20.4 Å². The predicted molar refractivity (Wildman–Crippen MR) is 379 cm³/mol. The minimum atomic E-state index is 0.818. The second kappa shape index (κ2) is 22.9. The Balaban J connectivity index is 0.000000119. The molecule has 0 amide bonds. The highest BCUT2D eigenvalue weighted by molar-refractivity contribution is 6.38. The molecule has 3 nitrogen and oxygen atoms in total. The van der Waals surface area contributed by atoms with Crippen molar-refractivity contribution >= 4 is 137 Å². The molecule has 2 aromatic heterocycles. The second-order valence-electron chi connectivity index (χ2n) is 22.8. The number of hydrogen-bond donors (Lipinski definition) is 0. The topological polar surface area (TPSA) is 29.5 Å². The van der Waals surface area contributed by atoms with Gasteiger partial charge in [0.15, 0.2) is 0 Å². The molecule has 0 unspecified atom stereocenters. The van der Waals surface area contributed by atoms with Crippen molar-refractivity contribution < 1.29 is 8.83 Å². The molecule has 0 saturated heterocycles. The monoisotopic (exact) mass is 1160 g/mol. The van der Waals surface area contributed by atoms with Crippen LogP contribution in [-0.2, 0) is 6.42 Å². The second-order valence-corrected chi connectivity index (χ2v) is 23.2. The first-order valence-corrected chi connectivity index (χ1v) is 30.6. The molecule has 0 radical (unpaired) electrons. The summed E-state index contributed by atoms with van der Waals surface area (Å²) in [4.78, 5) is 2.40. The average molecular weight is 1160 g/mol. The number of rotatable bonds is 7. The molecule has 0 atom stereocenters. The quantitative estimate of drug-likeness (QED) is 0.149. The molecule has 18 rings (SSSR count). The molecule has 89 heavy (non-hydrogen) atoms. The molecule has 0 aliphatic heterocycles. The summed E-state index contributed by atoms with van der Waals surface area (Å²) in [5, 5.41) is 20.3. The maximum Gasteiger partial charge on any atom is 0.135 e. The van der Waals surface area contributed by atoms with Gasteiger partial charge in [-0.15, -0.1) is 0 Å². The number of halogens is 1. The van der Waals surface area contributed by atoms with E-state index in [2.05, 4.69) is 290 Å². The summed E-state index contributed by atoms with van der Waals surface area (Å²) >= 11 is 6.39. The van der Waals surface area contributed by atoms with Gasteiger partial charge in [-0.3, -0.25) is 0 Å². The molecule has 16 aromatic carbocycles. The highest BCUT2D eigenvalue weighted by Crippen LogP contribution is 2.45. The first kappa shape index (κ1) is 53.3. The van der Waals surface area contributed by atoms with Gasteiger partial charge in [0.05, 0.1) is 5.69 Å². The molecule has 0 spiro atoms. The average Bonchev–Trinajstić information content (AvgIpc) is 3.61. The molecule has 0 N–H and O–H groups in total. The SMILES string of the molecule is Clc1cccc2ccc3c4ccccc4ccc3c12.c1ccc(-c2ccc(Cc3ccc4oc5ccccc5c4c3)cc2)cc1.c1ccc(-c2ccc(N(c3ccc4oc5ccccc5c4c3)c3cccc4ccc5c6ccccc6ccc5c34)cc2)cc1. The van der Waals surface area contributed by atoms with E-state index in [1.165, 1.54) is 103 Å². The van der Waals surface area contributed by atoms with Gasteiger partial charge in [0, 0.05) is 48.7 Å². The predicted octanol–water partition coefficient (Wildman–Crippen LogP) is 24.8. The number of anilines is 3. The molecule has 0 aliphatic rings. The standard InChI is InChI=1S/C42H27NO.C25H18O.C18H11Cl/c1-2-9-28(10-3-1)29-17-21-32(22-18-29)43(33-23-26-41-38(27-33)36-14-6-7-16-40(36)44-41)39-15-8-12-31-20-24-35-34-13-5-4-11-30(34)19-25-37(35)42(31)39;1-2-6-20(7-3-1)21-13-10-18(11-14-21)16-19-12-15-25-23(17-19)22-8-4-5-9-24(22)26-25;19-17-7-3-5-13-9-10-15-14-6-2-1-4-12(14)8-11-16(15)18(13)17/h1-27H;1-15,17H,16H2;1-11H. The third-order valence-electron chi connectivity index (χ3n) is 17.5. The minimum Gasteiger partial charge on any atom is -0.456 e. The number of para-hydroxylation sites is 2. The van der Waals surface area contributed by atoms with Gasteiger partial charge in [-0.1, -0.05) is 272 Å². The van der Waals surface area contributed by atoms with Gasteiger partial charge in [0.1, 0.15) is 22.3 Å². The van der Waals surface area contributed by atoms with Crippen molar-refractivity contribution in [2.45, 2.75) is 6.42 Å². The summed E-state index contributed by atoms with van der Waals surface area (Å²) in [6, 6.07) is 116. The molecule has 4 heteroatoms. The zero-order valence-electron chi connectivity index (χ0n) is 48.5. The van der Waals surface area contributed by atoms with E-state index in [0.29, 0.717) is 0 Å². The lowest BCUT2D eigenvalue weighted by molar-refractivity contribution is 0.668. The fourth-order valence-electron chi connectivity index (χ4n) is 13.2.